The minimum Gasteiger partial charge on any atom is -0.504 e. The number of halogens is 1. The standard InChI is InChI=1S/C13H16BrNO4/c1-13(2)6-19-12(17)15-11(13)8-4-7(14)5-9(18-3)10(8)16/h4-5,11,16H,6H2,1-3H3,(H,15,17)/t11-/m1/s1. The number of hydrogen-bond donors (Lipinski definition) is 2. The lowest BCUT2D eigenvalue weighted by atomic mass is 9.80. The number of nitrogens with one attached hydrogen (secondary N) is 1. The molecule has 1 fully saturated rings. The summed E-state index contributed by atoms with van der Waals surface area (Å²) in [5.41, 5.74) is 0.268. The summed E-state index contributed by atoms with van der Waals surface area (Å²) in [7, 11) is 1.49. The van der Waals surface area contributed by atoms with Crippen LogP contribution in [0.15, 0.2) is 16.6 Å². The van der Waals surface area contributed by atoms with E-state index in [9.17, 15) is 9.90 Å². The first kappa shape index (κ1) is 14.0. The molecule has 1 amide bonds. The van der Waals surface area contributed by atoms with Crippen molar-refractivity contribution >= 4 is 22.0 Å². The van der Waals surface area contributed by atoms with E-state index in [2.05, 4.69) is 21.2 Å². The average molecular weight is 330 g/mol. The van der Waals surface area contributed by atoms with Gasteiger partial charge in [0.25, 0.3) is 0 Å². The molecule has 0 saturated carbocycles. The predicted molar refractivity (Wildman–Crippen MR) is 73.4 cm³/mol. The number of ether oxygens (including phenoxy) is 2. The molecule has 0 unspecified atom stereocenters. The van der Waals surface area contributed by atoms with Gasteiger partial charge in [-0.05, 0) is 12.1 Å². The molecule has 1 aromatic rings. The van der Waals surface area contributed by atoms with Crippen LogP contribution < -0.4 is 10.1 Å². The van der Waals surface area contributed by atoms with Gasteiger partial charge >= 0.3 is 6.09 Å². The maximum absolute atomic E-state index is 11.4. The van der Waals surface area contributed by atoms with Crippen molar-refractivity contribution in [1.29, 1.82) is 0 Å². The zero-order chi connectivity index (χ0) is 14.2. The van der Waals surface area contributed by atoms with Crippen LogP contribution in [-0.4, -0.2) is 24.9 Å². The highest BCUT2D eigenvalue weighted by atomic mass is 79.9. The molecule has 0 bridgehead atoms. The van der Waals surface area contributed by atoms with E-state index in [0.717, 1.165) is 4.47 Å². The third kappa shape index (κ3) is 2.63. The number of aromatic hydroxyl groups is 1. The summed E-state index contributed by atoms with van der Waals surface area (Å²) in [5.74, 6) is 0.395. The fourth-order valence-electron chi connectivity index (χ4n) is 2.16. The van der Waals surface area contributed by atoms with Gasteiger partial charge in [0.2, 0.25) is 0 Å². The molecule has 19 heavy (non-hydrogen) atoms. The summed E-state index contributed by atoms with van der Waals surface area (Å²) in [6.45, 7) is 4.21. The van der Waals surface area contributed by atoms with Gasteiger partial charge in [0.15, 0.2) is 11.5 Å². The van der Waals surface area contributed by atoms with Gasteiger partial charge in [-0.2, -0.15) is 0 Å². The zero-order valence-electron chi connectivity index (χ0n) is 11.0. The number of carbonyl (C=O) groups is 1. The van der Waals surface area contributed by atoms with E-state index in [4.69, 9.17) is 9.47 Å². The molecule has 104 valence electrons. The molecule has 2 N–H and O–H groups in total. The fourth-order valence-corrected chi connectivity index (χ4v) is 2.61. The summed E-state index contributed by atoms with van der Waals surface area (Å²) in [6.07, 6.45) is -0.484. The van der Waals surface area contributed by atoms with Gasteiger partial charge in [-0.1, -0.05) is 29.8 Å². The van der Waals surface area contributed by atoms with Crippen LogP contribution in [0, 0.1) is 5.41 Å². The number of carbonyl (C=O) groups excluding carboxylic acids is 1. The molecule has 0 aromatic heterocycles. The van der Waals surface area contributed by atoms with Crippen molar-refractivity contribution in [1.82, 2.24) is 5.32 Å². The molecule has 1 saturated heterocycles. The third-order valence-electron chi connectivity index (χ3n) is 3.22. The van der Waals surface area contributed by atoms with Crippen LogP contribution in [-0.2, 0) is 4.74 Å². The van der Waals surface area contributed by atoms with Gasteiger partial charge in [0, 0.05) is 15.5 Å². The Kier molecular flexibility index (Phi) is 3.62. The quantitative estimate of drug-likeness (QED) is 0.875. The predicted octanol–water partition coefficient (Wildman–Crippen LogP) is 2.97. The van der Waals surface area contributed by atoms with Crippen molar-refractivity contribution in [3.05, 3.63) is 22.2 Å². The Bertz CT molecular complexity index is 516. The van der Waals surface area contributed by atoms with Gasteiger partial charge in [0.1, 0.15) is 6.61 Å². The maximum Gasteiger partial charge on any atom is 0.407 e. The fraction of sp³-hybridized carbons (Fsp3) is 0.462. The zero-order valence-corrected chi connectivity index (χ0v) is 12.6. The number of phenolic OH excluding ortho intramolecular Hbond substituents is 1. The Morgan fingerprint density at radius 1 is 1.53 bits per heavy atom. The average Bonchev–Trinajstić information content (AvgIpc) is 2.35. The lowest BCUT2D eigenvalue weighted by Gasteiger charge is -2.38. The van der Waals surface area contributed by atoms with Gasteiger partial charge in [-0.25, -0.2) is 4.79 Å². The lowest BCUT2D eigenvalue weighted by molar-refractivity contribution is 0.0380. The summed E-state index contributed by atoms with van der Waals surface area (Å²) >= 11 is 3.37. The summed E-state index contributed by atoms with van der Waals surface area (Å²) < 4.78 is 10.9. The minimum absolute atomic E-state index is 0.0333. The second-order valence-electron chi connectivity index (χ2n) is 5.19. The highest BCUT2D eigenvalue weighted by Crippen LogP contribution is 2.44. The number of cyclic esters (lactones) is 1. The maximum atomic E-state index is 11.4. The van der Waals surface area contributed by atoms with Crippen LogP contribution in [0.1, 0.15) is 25.5 Å². The minimum atomic E-state index is -0.484. The molecule has 1 heterocycles. The molecule has 6 heteroatoms. The molecular weight excluding hydrogens is 314 g/mol. The summed E-state index contributed by atoms with van der Waals surface area (Å²) in [5, 5.41) is 13.0. The van der Waals surface area contributed by atoms with Crippen molar-refractivity contribution in [3.8, 4) is 11.5 Å². The number of phenols is 1. The monoisotopic (exact) mass is 329 g/mol. The van der Waals surface area contributed by atoms with Crippen molar-refractivity contribution in [2.75, 3.05) is 13.7 Å². The SMILES string of the molecule is COc1cc(Br)cc([C@H]2NC(=O)OCC2(C)C)c1O. The van der Waals surface area contributed by atoms with E-state index in [1.165, 1.54) is 7.11 Å². The Morgan fingerprint density at radius 2 is 2.21 bits per heavy atom. The highest BCUT2D eigenvalue weighted by molar-refractivity contribution is 9.10. The number of hydrogen-bond acceptors (Lipinski definition) is 4. The Morgan fingerprint density at radius 3 is 2.84 bits per heavy atom. The van der Waals surface area contributed by atoms with Crippen molar-refractivity contribution in [2.45, 2.75) is 19.9 Å². The van der Waals surface area contributed by atoms with Crippen LogP contribution in [0.2, 0.25) is 0 Å². The lowest BCUT2D eigenvalue weighted by Crippen LogP contribution is -2.46. The van der Waals surface area contributed by atoms with E-state index in [1.807, 2.05) is 13.8 Å². The molecule has 0 spiro atoms. The number of benzene rings is 1. The topological polar surface area (TPSA) is 67.8 Å². The second-order valence-corrected chi connectivity index (χ2v) is 6.10. The van der Waals surface area contributed by atoms with Crippen molar-refractivity contribution in [2.24, 2.45) is 5.41 Å². The number of rotatable bonds is 2. The van der Waals surface area contributed by atoms with Gasteiger partial charge in [-0.3, -0.25) is 0 Å². The molecule has 1 aliphatic rings. The van der Waals surface area contributed by atoms with E-state index >= 15 is 0 Å². The molecule has 2 rings (SSSR count). The van der Waals surface area contributed by atoms with Gasteiger partial charge in [-0.15, -0.1) is 0 Å². The van der Waals surface area contributed by atoms with Crippen LogP contribution in [0.4, 0.5) is 4.79 Å². The third-order valence-corrected chi connectivity index (χ3v) is 3.68. The molecular formula is C13H16BrNO4. The largest absolute Gasteiger partial charge is 0.504 e. The smallest absolute Gasteiger partial charge is 0.407 e. The normalized spacial score (nSPS) is 21.5. The Hall–Kier alpha value is -1.43. The highest BCUT2D eigenvalue weighted by Gasteiger charge is 2.39. The first-order chi connectivity index (χ1) is 8.85. The van der Waals surface area contributed by atoms with Crippen molar-refractivity contribution < 1.29 is 19.4 Å². The van der Waals surface area contributed by atoms with E-state index < -0.39 is 6.09 Å². The van der Waals surface area contributed by atoms with Crippen LogP contribution in [0.3, 0.4) is 0 Å². The second kappa shape index (κ2) is 4.92. The molecule has 1 atom stereocenters. The molecule has 5 nitrogen and oxygen atoms in total. The van der Waals surface area contributed by atoms with Gasteiger partial charge < -0.3 is 19.9 Å². The summed E-state index contributed by atoms with van der Waals surface area (Å²) in [4.78, 5) is 11.4. The molecule has 0 aliphatic carbocycles. The van der Waals surface area contributed by atoms with E-state index in [1.54, 1.807) is 12.1 Å². The molecule has 1 aliphatic heterocycles. The summed E-state index contributed by atoms with van der Waals surface area (Å²) in [6, 6.07) is 3.10. The number of amides is 1. The number of methoxy groups -OCH3 is 1. The first-order valence-electron chi connectivity index (χ1n) is 5.85. The molecule has 1 aromatic carbocycles. The Labute approximate surface area is 120 Å². The number of alkyl carbamates (subject to hydrolysis) is 1. The Balaban J connectivity index is 2.50. The van der Waals surface area contributed by atoms with Crippen LogP contribution >= 0.6 is 15.9 Å². The van der Waals surface area contributed by atoms with E-state index in [0.29, 0.717) is 11.3 Å². The molecule has 0 radical (unpaired) electrons. The van der Waals surface area contributed by atoms with Crippen LogP contribution in [0.5, 0.6) is 11.5 Å². The van der Waals surface area contributed by atoms with Gasteiger partial charge in [0.05, 0.1) is 13.2 Å². The van der Waals surface area contributed by atoms with Crippen molar-refractivity contribution in [3.63, 3.8) is 0 Å². The van der Waals surface area contributed by atoms with E-state index in [-0.39, 0.29) is 23.8 Å². The van der Waals surface area contributed by atoms with Crippen LogP contribution in [0.25, 0.3) is 0 Å². The first-order valence-corrected chi connectivity index (χ1v) is 6.64.